The van der Waals surface area contributed by atoms with E-state index >= 15 is 0 Å². The highest BCUT2D eigenvalue weighted by Gasteiger charge is 1.77. The molecule has 2 N–H and O–H groups in total. The molecule has 52 valence electrons. The van der Waals surface area contributed by atoms with E-state index in [1.165, 1.54) is 0 Å². The summed E-state index contributed by atoms with van der Waals surface area (Å²) in [7, 11) is 0.603. The molecule has 0 aromatic heterocycles. The van der Waals surface area contributed by atoms with Gasteiger partial charge in [-0.3, -0.25) is 10.2 Å². The van der Waals surface area contributed by atoms with Crippen LogP contribution in [0.15, 0.2) is 25.3 Å². The van der Waals surface area contributed by atoms with Crippen LogP contribution < -0.4 is 10.2 Å². The monoisotopic (exact) mass is 144 g/mol. The van der Waals surface area contributed by atoms with E-state index in [0.29, 0.717) is 8.88 Å². The van der Waals surface area contributed by atoms with Gasteiger partial charge in [-0.05, 0) is 0 Å². The molecule has 0 aliphatic carbocycles. The maximum Gasteiger partial charge on any atom is 0.0189 e. The van der Waals surface area contributed by atoms with Crippen molar-refractivity contribution in [2.75, 3.05) is 13.1 Å². The summed E-state index contributed by atoms with van der Waals surface area (Å²) < 4.78 is 0. The number of nitrogens with one attached hydrogen (secondary N) is 2. The molecule has 0 saturated heterocycles. The fourth-order valence-electron chi connectivity index (χ4n) is 0.309. The SMILES string of the molecule is C=CCNPNCC=C. The molecule has 0 aliphatic rings. The summed E-state index contributed by atoms with van der Waals surface area (Å²) >= 11 is 0. The highest BCUT2D eigenvalue weighted by Crippen LogP contribution is 1.91. The van der Waals surface area contributed by atoms with E-state index < -0.39 is 0 Å². The standard InChI is InChI=1S/C6H13N2P/c1-3-5-7-9-8-6-4-2/h3-4,7-9H,1-2,5-6H2. The van der Waals surface area contributed by atoms with Gasteiger partial charge in [-0.25, -0.2) is 0 Å². The molecule has 0 unspecified atom stereocenters. The lowest BCUT2D eigenvalue weighted by Crippen LogP contribution is -2.10. The summed E-state index contributed by atoms with van der Waals surface area (Å²) in [6, 6.07) is 0. The van der Waals surface area contributed by atoms with Crippen molar-refractivity contribution in [2.24, 2.45) is 0 Å². The summed E-state index contributed by atoms with van der Waals surface area (Å²) in [6.07, 6.45) is 3.67. The van der Waals surface area contributed by atoms with Crippen molar-refractivity contribution in [1.29, 1.82) is 0 Å². The molecule has 0 aliphatic heterocycles. The molecule has 0 rings (SSSR count). The van der Waals surface area contributed by atoms with Crippen LogP contribution in [0.2, 0.25) is 0 Å². The molecule has 0 atom stereocenters. The van der Waals surface area contributed by atoms with Crippen LogP contribution in [0.5, 0.6) is 0 Å². The van der Waals surface area contributed by atoms with Gasteiger partial charge in [-0.2, -0.15) is 0 Å². The minimum absolute atomic E-state index is 0.603. The Morgan fingerprint density at radius 1 is 1.11 bits per heavy atom. The summed E-state index contributed by atoms with van der Waals surface area (Å²) in [5.41, 5.74) is 0. The molecule has 0 aromatic rings. The van der Waals surface area contributed by atoms with Gasteiger partial charge >= 0.3 is 0 Å². The predicted octanol–water partition coefficient (Wildman–Crippen LogP) is 1.05. The predicted molar refractivity (Wildman–Crippen MR) is 44.7 cm³/mol. The first-order chi connectivity index (χ1) is 4.41. The highest BCUT2D eigenvalue weighted by atomic mass is 31.1. The zero-order valence-corrected chi connectivity index (χ0v) is 6.48. The Morgan fingerprint density at radius 3 is 1.89 bits per heavy atom. The van der Waals surface area contributed by atoms with Crippen LogP contribution >= 0.6 is 8.88 Å². The molecule has 0 saturated carbocycles. The van der Waals surface area contributed by atoms with Gasteiger partial charge in [0.15, 0.2) is 0 Å². The van der Waals surface area contributed by atoms with Crippen molar-refractivity contribution in [1.82, 2.24) is 10.2 Å². The van der Waals surface area contributed by atoms with Crippen molar-refractivity contribution in [3.8, 4) is 0 Å². The van der Waals surface area contributed by atoms with Crippen LogP contribution in [0.25, 0.3) is 0 Å². The molecule has 9 heavy (non-hydrogen) atoms. The van der Waals surface area contributed by atoms with Gasteiger partial charge in [-0.1, -0.05) is 12.2 Å². The van der Waals surface area contributed by atoms with E-state index in [-0.39, 0.29) is 0 Å². The zero-order valence-electron chi connectivity index (χ0n) is 5.48. The van der Waals surface area contributed by atoms with Gasteiger partial charge in [0.1, 0.15) is 0 Å². The molecule has 2 nitrogen and oxygen atoms in total. The first kappa shape index (κ1) is 8.83. The Morgan fingerprint density at radius 2 is 1.56 bits per heavy atom. The van der Waals surface area contributed by atoms with E-state index in [4.69, 9.17) is 0 Å². The zero-order chi connectivity index (χ0) is 6.95. The molecule has 0 radical (unpaired) electrons. The van der Waals surface area contributed by atoms with Crippen LogP contribution in [0, 0.1) is 0 Å². The average Bonchev–Trinajstić information content (AvgIpc) is 1.89. The molecule has 3 heteroatoms. The number of hydrogen-bond donors (Lipinski definition) is 2. The van der Waals surface area contributed by atoms with Crippen LogP contribution in [-0.4, -0.2) is 13.1 Å². The first-order valence-electron chi connectivity index (χ1n) is 2.84. The second kappa shape index (κ2) is 7.83. The molecule has 0 heterocycles. The topological polar surface area (TPSA) is 24.1 Å². The lowest BCUT2D eigenvalue weighted by atomic mass is 10.7. The van der Waals surface area contributed by atoms with Crippen LogP contribution in [0.1, 0.15) is 0 Å². The van der Waals surface area contributed by atoms with Crippen molar-refractivity contribution < 1.29 is 0 Å². The molecule has 0 amide bonds. The largest absolute Gasteiger partial charge is 0.282 e. The normalized spacial score (nSPS) is 8.89. The van der Waals surface area contributed by atoms with E-state index in [0.717, 1.165) is 13.1 Å². The van der Waals surface area contributed by atoms with Crippen molar-refractivity contribution in [3.05, 3.63) is 25.3 Å². The smallest absolute Gasteiger partial charge is 0.0189 e. The molecule has 0 spiro atoms. The van der Waals surface area contributed by atoms with Gasteiger partial charge in [0.05, 0.1) is 0 Å². The molecular formula is C6H13N2P. The first-order valence-corrected chi connectivity index (χ1v) is 3.84. The third-order valence-electron chi connectivity index (χ3n) is 0.670. The lowest BCUT2D eigenvalue weighted by Gasteiger charge is -1.99. The highest BCUT2D eigenvalue weighted by molar-refractivity contribution is 7.33. The summed E-state index contributed by atoms with van der Waals surface area (Å²) in [5, 5.41) is 6.24. The molecule has 0 fully saturated rings. The summed E-state index contributed by atoms with van der Waals surface area (Å²) in [5.74, 6) is 0. The minimum Gasteiger partial charge on any atom is -0.282 e. The van der Waals surface area contributed by atoms with E-state index in [1.54, 1.807) is 0 Å². The van der Waals surface area contributed by atoms with E-state index in [2.05, 4.69) is 23.3 Å². The summed E-state index contributed by atoms with van der Waals surface area (Å²) in [6.45, 7) is 8.87. The number of hydrogen-bond acceptors (Lipinski definition) is 2. The van der Waals surface area contributed by atoms with E-state index in [9.17, 15) is 0 Å². The third kappa shape index (κ3) is 7.83. The average molecular weight is 144 g/mol. The summed E-state index contributed by atoms with van der Waals surface area (Å²) in [4.78, 5) is 0. The molecular weight excluding hydrogens is 131 g/mol. The van der Waals surface area contributed by atoms with Gasteiger partial charge in [-0.15, -0.1) is 13.2 Å². The maximum absolute atomic E-state index is 3.57. The number of rotatable bonds is 6. The van der Waals surface area contributed by atoms with Crippen LogP contribution in [0.4, 0.5) is 0 Å². The maximum atomic E-state index is 3.57. The Kier molecular flexibility index (Phi) is 7.68. The fourth-order valence-corrected chi connectivity index (χ4v) is 0.927. The Bertz CT molecular complexity index is 73.1. The third-order valence-corrected chi connectivity index (χ3v) is 1.43. The van der Waals surface area contributed by atoms with Gasteiger partial charge in [0.2, 0.25) is 0 Å². The lowest BCUT2D eigenvalue weighted by molar-refractivity contribution is 1.04. The second-order valence-electron chi connectivity index (χ2n) is 1.46. The molecule has 0 aromatic carbocycles. The van der Waals surface area contributed by atoms with Gasteiger partial charge in [0.25, 0.3) is 0 Å². The van der Waals surface area contributed by atoms with Crippen molar-refractivity contribution in [3.63, 3.8) is 0 Å². The van der Waals surface area contributed by atoms with Crippen molar-refractivity contribution >= 4 is 8.88 Å². The minimum atomic E-state index is 0.603. The fraction of sp³-hybridized carbons (Fsp3) is 0.333. The second-order valence-corrected chi connectivity index (χ2v) is 2.42. The Labute approximate surface area is 58.3 Å². The quantitative estimate of drug-likeness (QED) is 0.331. The van der Waals surface area contributed by atoms with E-state index in [1.807, 2.05) is 12.2 Å². The van der Waals surface area contributed by atoms with Crippen LogP contribution in [0.3, 0.4) is 0 Å². The Balaban J connectivity index is 2.74. The van der Waals surface area contributed by atoms with Crippen molar-refractivity contribution in [2.45, 2.75) is 0 Å². The van der Waals surface area contributed by atoms with Gasteiger partial charge < -0.3 is 0 Å². The molecule has 0 bridgehead atoms. The van der Waals surface area contributed by atoms with Crippen LogP contribution in [-0.2, 0) is 0 Å². The Hall–Kier alpha value is -0.170. The van der Waals surface area contributed by atoms with Gasteiger partial charge in [0, 0.05) is 22.0 Å².